The third-order valence-electron chi connectivity index (χ3n) is 5.20. The molecule has 1 saturated heterocycles. The van der Waals surface area contributed by atoms with Gasteiger partial charge in [0.1, 0.15) is 16.8 Å². The molecule has 4 rings (SSSR count). The van der Waals surface area contributed by atoms with Crippen LogP contribution < -0.4 is 0 Å². The number of aromatic nitrogens is 2. The molecule has 0 aromatic carbocycles. The van der Waals surface area contributed by atoms with Gasteiger partial charge in [0.25, 0.3) is 0 Å². The van der Waals surface area contributed by atoms with Crippen molar-refractivity contribution >= 4 is 11.3 Å². The molecular weight excluding hydrogens is 304 g/mol. The summed E-state index contributed by atoms with van der Waals surface area (Å²) in [4.78, 5) is 9.65. The first kappa shape index (κ1) is 14.9. The van der Waals surface area contributed by atoms with Gasteiger partial charge in [-0.25, -0.2) is 4.98 Å². The average molecular weight is 326 g/mol. The van der Waals surface area contributed by atoms with Crippen molar-refractivity contribution in [1.29, 1.82) is 5.26 Å². The maximum absolute atomic E-state index is 9.01. The minimum Gasteiger partial charge on any atom is -0.334 e. The van der Waals surface area contributed by atoms with Gasteiger partial charge in [-0.15, -0.1) is 11.3 Å². The zero-order valence-corrected chi connectivity index (χ0v) is 14.4. The van der Waals surface area contributed by atoms with E-state index in [9.17, 15) is 0 Å². The number of fused-ring (bicyclic) bond motifs is 1. The monoisotopic (exact) mass is 326 g/mol. The molecule has 4 nitrogen and oxygen atoms in total. The van der Waals surface area contributed by atoms with Crippen molar-refractivity contribution < 1.29 is 0 Å². The molecule has 3 heterocycles. The molecule has 0 spiro atoms. The van der Waals surface area contributed by atoms with Crippen molar-refractivity contribution in [3.05, 3.63) is 39.1 Å². The fraction of sp³-hybridized carbons (Fsp3) is 0.556. The van der Waals surface area contributed by atoms with Gasteiger partial charge in [0.05, 0.1) is 11.7 Å². The number of nitriles is 1. The fourth-order valence-electron chi connectivity index (χ4n) is 4.04. The van der Waals surface area contributed by atoms with Crippen LogP contribution in [0.15, 0.2) is 12.1 Å². The summed E-state index contributed by atoms with van der Waals surface area (Å²) in [6.45, 7) is 2.07. The third-order valence-corrected chi connectivity index (χ3v) is 6.18. The third kappa shape index (κ3) is 2.71. The first-order valence-electron chi connectivity index (χ1n) is 8.53. The van der Waals surface area contributed by atoms with E-state index in [0.717, 1.165) is 24.4 Å². The molecule has 0 bridgehead atoms. The lowest BCUT2D eigenvalue weighted by Gasteiger charge is -2.23. The standard InChI is InChI=1S/C18H22N4S/c1-21-16-6-3-2-5-15(16)20-18(21)17-7-4-10-22(17)12-14-9-8-13(11-19)23-14/h8-9,17H,2-7,10,12H2,1H3. The van der Waals surface area contributed by atoms with Gasteiger partial charge >= 0.3 is 0 Å². The number of hydrogen-bond acceptors (Lipinski definition) is 4. The van der Waals surface area contributed by atoms with E-state index >= 15 is 0 Å². The van der Waals surface area contributed by atoms with E-state index in [1.54, 1.807) is 11.3 Å². The lowest BCUT2D eigenvalue weighted by atomic mass is 10.0. The zero-order valence-electron chi connectivity index (χ0n) is 13.6. The normalized spacial score (nSPS) is 21.3. The number of nitrogens with zero attached hydrogens (tertiary/aromatic N) is 4. The summed E-state index contributed by atoms with van der Waals surface area (Å²) >= 11 is 1.62. The summed E-state index contributed by atoms with van der Waals surface area (Å²) in [6, 6.07) is 6.70. The molecule has 1 aliphatic carbocycles. The molecule has 1 unspecified atom stereocenters. The number of rotatable bonds is 3. The van der Waals surface area contributed by atoms with Crippen LogP contribution >= 0.6 is 11.3 Å². The molecule has 1 fully saturated rings. The van der Waals surface area contributed by atoms with Gasteiger partial charge < -0.3 is 4.57 Å². The summed E-state index contributed by atoms with van der Waals surface area (Å²) in [5.74, 6) is 1.26. The lowest BCUT2D eigenvalue weighted by Crippen LogP contribution is -2.24. The van der Waals surface area contributed by atoms with E-state index in [4.69, 9.17) is 10.2 Å². The second-order valence-corrected chi connectivity index (χ2v) is 7.80. The van der Waals surface area contributed by atoms with Crippen LogP contribution in [0.3, 0.4) is 0 Å². The SMILES string of the molecule is Cn1c(C2CCCN2Cc2ccc(C#N)s2)nc2c1CCCC2. The van der Waals surface area contributed by atoms with E-state index < -0.39 is 0 Å². The average Bonchev–Trinajstić information content (AvgIpc) is 3.28. The first-order chi connectivity index (χ1) is 11.3. The number of imidazole rings is 1. The Morgan fingerprint density at radius 2 is 2.17 bits per heavy atom. The molecule has 0 N–H and O–H groups in total. The summed E-state index contributed by atoms with van der Waals surface area (Å²) in [7, 11) is 2.20. The van der Waals surface area contributed by atoms with Crippen LogP contribution in [-0.2, 0) is 26.4 Å². The van der Waals surface area contributed by atoms with E-state index in [1.165, 1.54) is 54.2 Å². The molecular formula is C18H22N4S. The maximum atomic E-state index is 9.01. The minimum atomic E-state index is 0.429. The Balaban J connectivity index is 1.58. The quantitative estimate of drug-likeness (QED) is 0.866. The second kappa shape index (κ2) is 6.10. The Morgan fingerprint density at radius 1 is 1.30 bits per heavy atom. The molecule has 1 aliphatic heterocycles. The number of likely N-dealkylation sites (tertiary alicyclic amines) is 1. The molecule has 120 valence electrons. The van der Waals surface area contributed by atoms with Crippen LogP contribution in [0.4, 0.5) is 0 Å². The second-order valence-electron chi connectivity index (χ2n) is 6.64. The predicted molar refractivity (Wildman–Crippen MR) is 91.3 cm³/mol. The maximum Gasteiger partial charge on any atom is 0.126 e. The molecule has 0 saturated carbocycles. The smallest absolute Gasteiger partial charge is 0.126 e. The highest BCUT2D eigenvalue weighted by Gasteiger charge is 2.31. The van der Waals surface area contributed by atoms with Crippen molar-refractivity contribution in [3.8, 4) is 6.07 Å². The van der Waals surface area contributed by atoms with Gasteiger partial charge in [-0.3, -0.25) is 4.90 Å². The van der Waals surface area contributed by atoms with Gasteiger partial charge in [-0.2, -0.15) is 5.26 Å². The van der Waals surface area contributed by atoms with Crippen molar-refractivity contribution in [2.45, 2.75) is 51.1 Å². The topological polar surface area (TPSA) is 44.9 Å². The van der Waals surface area contributed by atoms with Gasteiger partial charge in [-0.1, -0.05) is 0 Å². The zero-order chi connectivity index (χ0) is 15.8. The van der Waals surface area contributed by atoms with Crippen molar-refractivity contribution in [2.24, 2.45) is 7.05 Å². The number of aryl methyl sites for hydroxylation is 1. The highest BCUT2D eigenvalue weighted by Crippen LogP contribution is 2.35. The van der Waals surface area contributed by atoms with Crippen LogP contribution in [0.1, 0.15) is 58.7 Å². The molecule has 1 atom stereocenters. The van der Waals surface area contributed by atoms with Gasteiger partial charge in [0.2, 0.25) is 0 Å². The fourth-order valence-corrected chi connectivity index (χ4v) is 4.87. The van der Waals surface area contributed by atoms with E-state index in [0.29, 0.717) is 6.04 Å². The molecule has 2 aromatic rings. The lowest BCUT2D eigenvalue weighted by molar-refractivity contribution is 0.238. The largest absolute Gasteiger partial charge is 0.334 e. The molecule has 0 amide bonds. The highest BCUT2D eigenvalue weighted by molar-refractivity contribution is 7.12. The predicted octanol–water partition coefficient (Wildman–Crippen LogP) is 3.57. The van der Waals surface area contributed by atoms with Crippen LogP contribution in [0.25, 0.3) is 0 Å². The number of thiophene rings is 1. The minimum absolute atomic E-state index is 0.429. The Morgan fingerprint density at radius 3 is 2.96 bits per heavy atom. The van der Waals surface area contributed by atoms with Gasteiger partial charge in [0, 0.05) is 24.2 Å². The Kier molecular flexibility index (Phi) is 3.96. The van der Waals surface area contributed by atoms with Crippen LogP contribution in [0, 0.1) is 11.3 Å². The van der Waals surface area contributed by atoms with Crippen LogP contribution in [0.5, 0.6) is 0 Å². The van der Waals surface area contributed by atoms with E-state index in [-0.39, 0.29) is 0 Å². The van der Waals surface area contributed by atoms with Gasteiger partial charge in [-0.05, 0) is 57.2 Å². The Bertz CT molecular complexity index is 752. The Hall–Kier alpha value is -1.64. The van der Waals surface area contributed by atoms with E-state index in [1.807, 2.05) is 6.07 Å². The summed E-state index contributed by atoms with van der Waals surface area (Å²) < 4.78 is 2.37. The summed E-state index contributed by atoms with van der Waals surface area (Å²) in [5.41, 5.74) is 2.80. The highest BCUT2D eigenvalue weighted by atomic mass is 32.1. The van der Waals surface area contributed by atoms with Crippen LogP contribution in [0.2, 0.25) is 0 Å². The first-order valence-corrected chi connectivity index (χ1v) is 9.35. The Labute approximate surface area is 141 Å². The van der Waals surface area contributed by atoms with Crippen LogP contribution in [-0.4, -0.2) is 21.0 Å². The van der Waals surface area contributed by atoms with Crippen molar-refractivity contribution in [2.75, 3.05) is 6.54 Å². The number of hydrogen-bond donors (Lipinski definition) is 0. The molecule has 0 radical (unpaired) electrons. The molecule has 23 heavy (non-hydrogen) atoms. The summed E-state index contributed by atoms with van der Waals surface area (Å²) in [6.07, 6.45) is 7.34. The molecule has 2 aliphatic rings. The molecule has 5 heteroatoms. The van der Waals surface area contributed by atoms with Gasteiger partial charge in [0.15, 0.2) is 0 Å². The van der Waals surface area contributed by atoms with Crippen molar-refractivity contribution in [1.82, 2.24) is 14.5 Å². The van der Waals surface area contributed by atoms with E-state index in [2.05, 4.69) is 28.7 Å². The van der Waals surface area contributed by atoms with Crippen molar-refractivity contribution in [3.63, 3.8) is 0 Å². The molecule has 2 aromatic heterocycles. The summed E-state index contributed by atoms with van der Waals surface area (Å²) in [5, 5.41) is 9.01.